The Kier molecular flexibility index (Phi) is 5.03. The van der Waals surface area contributed by atoms with Gasteiger partial charge in [-0.3, -0.25) is 0 Å². The number of phenols is 2. The van der Waals surface area contributed by atoms with Gasteiger partial charge in [-0.15, -0.1) is 0 Å². The Hall–Kier alpha value is -3.47. The maximum absolute atomic E-state index is 12.4. The van der Waals surface area contributed by atoms with E-state index < -0.39 is 11.6 Å². The summed E-state index contributed by atoms with van der Waals surface area (Å²) in [5.41, 5.74) is 1.60. The van der Waals surface area contributed by atoms with Gasteiger partial charge in [-0.25, -0.2) is 10.2 Å². The monoisotopic (exact) mass is 377 g/mol. The zero-order chi connectivity index (χ0) is 19.4. The van der Waals surface area contributed by atoms with Crippen molar-refractivity contribution >= 4 is 23.3 Å². The molecule has 0 saturated heterocycles. The molecule has 27 heavy (non-hydrogen) atoms. The van der Waals surface area contributed by atoms with Crippen LogP contribution < -0.4 is 0 Å². The highest BCUT2D eigenvalue weighted by atomic mass is 32.1. The van der Waals surface area contributed by atoms with Gasteiger partial charge in [0, 0.05) is 16.7 Å². The van der Waals surface area contributed by atoms with Crippen LogP contribution in [0, 0.1) is 5.41 Å². The molecule has 0 aromatic heterocycles. The Balaban J connectivity index is 0.000000659. The lowest BCUT2D eigenvalue weighted by molar-refractivity contribution is 0.0251. The van der Waals surface area contributed by atoms with Gasteiger partial charge in [-0.05, 0) is 42.5 Å². The van der Waals surface area contributed by atoms with Crippen molar-refractivity contribution in [2.75, 3.05) is 0 Å². The summed E-state index contributed by atoms with van der Waals surface area (Å²) in [6, 6.07) is 20.4. The molecule has 0 spiro atoms. The molecule has 0 amide bonds. The predicted molar refractivity (Wildman–Crippen MR) is 103 cm³/mol. The fraction of sp³-hybridized carbons (Fsp3) is 0.0476. The third-order valence-corrected chi connectivity index (χ3v) is 4.32. The first-order valence-corrected chi connectivity index (χ1v) is 8.39. The highest BCUT2D eigenvalue weighted by Gasteiger charge is 2.48. The second-order valence-corrected chi connectivity index (χ2v) is 6.02. The van der Waals surface area contributed by atoms with E-state index in [4.69, 9.17) is 10.1 Å². The summed E-state index contributed by atoms with van der Waals surface area (Å²) in [6.07, 6.45) is 0. The molecule has 0 radical (unpaired) electrons. The number of hydrogen-bond acceptors (Lipinski definition) is 6. The minimum Gasteiger partial charge on any atom is -0.508 e. The predicted octanol–water partition coefficient (Wildman–Crippen LogP) is 4.23. The van der Waals surface area contributed by atoms with E-state index in [0.717, 1.165) is 16.7 Å². The van der Waals surface area contributed by atoms with Crippen LogP contribution in [0.1, 0.15) is 27.0 Å². The first-order chi connectivity index (χ1) is 13.0. The van der Waals surface area contributed by atoms with Gasteiger partial charge in [0.05, 0.1) is 10.7 Å². The number of nitrogens with one attached hydrogen (secondary N) is 1. The van der Waals surface area contributed by atoms with Gasteiger partial charge in [-0.2, -0.15) is 0 Å². The normalized spacial score (nSPS) is 13.6. The number of fused-ring (bicyclic) bond motifs is 1. The quantitative estimate of drug-likeness (QED) is 0.353. The number of esters is 1. The minimum atomic E-state index is -1.10. The summed E-state index contributed by atoms with van der Waals surface area (Å²) in [6.45, 7) is 0. The van der Waals surface area contributed by atoms with E-state index in [1.807, 2.05) is 12.1 Å². The van der Waals surface area contributed by atoms with Crippen LogP contribution in [0.15, 0.2) is 72.8 Å². The highest BCUT2D eigenvalue weighted by molar-refractivity contribution is 7.78. The SMILES string of the molecule is N=C=S.O=C1OC(c2ccc(O)cc2)(c2ccc(O)cc2)c2ccccc21. The Morgan fingerprint density at radius 2 is 1.30 bits per heavy atom. The average Bonchev–Trinajstić information content (AvgIpc) is 2.98. The molecule has 1 heterocycles. The molecule has 0 unspecified atom stereocenters. The van der Waals surface area contributed by atoms with Crippen molar-refractivity contribution < 1.29 is 19.7 Å². The molecule has 3 aromatic rings. The van der Waals surface area contributed by atoms with Crippen molar-refractivity contribution in [2.24, 2.45) is 0 Å². The molecule has 4 rings (SSSR count). The van der Waals surface area contributed by atoms with E-state index in [-0.39, 0.29) is 11.5 Å². The zero-order valence-corrected chi connectivity index (χ0v) is 14.9. The van der Waals surface area contributed by atoms with Crippen molar-refractivity contribution in [1.29, 1.82) is 5.41 Å². The molecule has 1 aliphatic heterocycles. The molecule has 5 nitrogen and oxygen atoms in total. The third-order valence-electron chi connectivity index (χ3n) is 4.32. The van der Waals surface area contributed by atoms with Crippen LogP contribution in [0.5, 0.6) is 11.5 Å². The summed E-state index contributed by atoms with van der Waals surface area (Å²) in [4.78, 5) is 12.4. The van der Waals surface area contributed by atoms with Gasteiger partial charge in [-0.1, -0.05) is 42.5 Å². The lowest BCUT2D eigenvalue weighted by Crippen LogP contribution is -2.29. The lowest BCUT2D eigenvalue weighted by atomic mass is 9.80. The number of thiocarbonyl (C=S) groups is 1. The van der Waals surface area contributed by atoms with E-state index >= 15 is 0 Å². The van der Waals surface area contributed by atoms with E-state index in [1.165, 1.54) is 0 Å². The molecule has 134 valence electrons. The van der Waals surface area contributed by atoms with Crippen LogP contribution in [0.3, 0.4) is 0 Å². The fourth-order valence-corrected chi connectivity index (χ4v) is 3.20. The van der Waals surface area contributed by atoms with E-state index in [0.29, 0.717) is 5.56 Å². The number of carbonyl (C=O) groups excluding carboxylic acids is 1. The third kappa shape index (κ3) is 3.19. The topological polar surface area (TPSA) is 90.6 Å². The van der Waals surface area contributed by atoms with Gasteiger partial charge >= 0.3 is 5.97 Å². The van der Waals surface area contributed by atoms with Crippen molar-refractivity contribution in [2.45, 2.75) is 5.60 Å². The summed E-state index contributed by atoms with van der Waals surface area (Å²) < 4.78 is 5.87. The molecule has 3 aromatic carbocycles. The van der Waals surface area contributed by atoms with Gasteiger partial charge in [0.25, 0.3) is 0 Å². The van der Waals surface area contributed by atoms with Gasteiger partial charge in [0.1, 0.15) is 11.5 Å². The summed E-state index contributed by atoms with van der Waals surface area (Å²) in [5.74, 6) is -0.124. The minimum absolute atomic E-state index is 0.136. The van der Waals surface area contributed by atoms with Crippen LogP contribution in [-0.4, -0.2) is 21.3 Å². The number of aromatic hydroxyl groups is 2. The van der Waals surface area contributed by atoms with E-state index in [1.54, 1.807) is 65.8 Å². The first kappa shape index (κ1) is 18.3. The molecule has 3 N–H and O–H groups in total. The molecule has 1 aliphatic rings. The highest BCUT2D eigenvalue weighted by Crippen LogP contribution is 2.47. The van der Waals surface area contributed by atoms with Crippen molar-refractivity contribution in [1.82, 2.24) is 0 Å². The number of cyclic esters (lactones) is 1. The number of benzene rings is 3. The standard InChI is InChI=1S/C20H14O4.CHNS/c21-15-9-5-13(6-10-15)20(14-7-11-16(22)12-8-14)18-4-2-1-3-17(18)19(23)24-20;2-1-3/h1-12,21-22H;2H. The Labute approximate surface area is 161 Å². The number of hydrogen-bond donors (Lipinski definition) is 3. The van der Waals surface area contributed by atoms with Crippen LogP contribution in [0.4, 0.5) is 0 Å². The van der Waals surface area contributed by atoms with Crippen LogP contribution in [0.25, 0.3) is 0 Å². The van der Waals surface area contributed by atoms with Crippen LogP contribution >= 0.6 is 12.2 Å². The largest absolute Gasteiger partial charge is 0.508 e. The molecule has 0 atom stereocenters. The van der Waals surface area contributed by atoms with Gasteiger partial charge in [0.2, 0.25) is 0 Å². The molecule has 6 heteroatoms. The summed E-state index contributed by atoms with van der Waals surface area (Å²) in [7, 11) is 0. The molecule has 0 fully saturated rings. The van der Waals surface area contributed by atoms with Crippen LogP contribution in [-0.2, 0) is 10.3 Å². The number of isothiocyanates is 1. The number of phenolic OH excluding ortho intramolecular Hbond substituents is 2. The Morgan fingerprint density at radius 3 is 1.78 bits per heavy atom. The average molecular weight is 377 g/mol. The Bertz CT molecular complexity index is 962. The van der Waals surface area contributed by atoms with Crippen molar-refractivity contribution in [3.05, 3.63) is 95.1 Å². The maximum atomic E-state index is 12.4. The number of ether oxygens (including phenoxy) is 1. The molecule has 0 aliphatic carbocycles. The van der Waals surface area contributed by atoms with Crippen LogP contribution in [0.2, 0.25) is 0 Å². The van der Waals surface area contributed by atoms with E-state index in [9.17, 15) is 15.0 Å². The maximum Gasteiger partial charge on any atom is 0.340 e. The van der Waals surface area contributed by atoms with E-state index in [2.05, 4.69) is 12.2 Å². The zero-order valence-electron chi connectivity index (χ0n) is 14.0. The van der Waals surface area contributed by atoms with Crippen molar-refractivity contribution in [3.8, 4) is 11.5 Å². The smallest absolute Gasteiger partial charge is 0.340 e. The Morgan fingerprint density at radius 1 is 0.852 bits per heavy atom. The molecule has 0 bridgehead atoms. The summed E-state index contributed by atoms with van der Waals surface area (Å²) >= 11 is 3.81. The molecular formula is C21H15NO4S. The first-order valence-electron chi connectivity index (χ1n) is 7.98. The molecular weight excluding hydrogens is 362 g/mol. The lowest BCUT2D eigenvalue weighted by Gasteiger charge is -2.30. The molecule has 0 saturated carbocycles. The number of rotatable bonds is 2. The van der Waals surface area contributed by atoms with Gasteiger partial charge < -0.3 is 14.9 Å². The number of carbonyl (C=O) groups is 1. The van der Waals surface area contributed by atoms with Crippen molar-refractivity contribution in [3.63, 3.8) is 0 Å². The second-order valence-electron chi connectivity index (χ2n) is 5.81. The van der Waals surface area contributed by atoms with Gasteiger partial charge in [0.15, 0.2) is 5.60 Å². The fourth-order valence-electron chi connectivity index (χ4n) is 3.20. The summed E-state index contributed by atoms with van der Waals surface area (Å²) in [5, 5.41) is 26.6. The second kappa shape index (κ2) is 7.41.